The van der Waals surface area contributed by atoms with E-state index in [1.807, 2.05) is 13.0 Å². The summed E-state index contributed by atoms with van der Waals surface area (Å²) in [6, 6.07) is 6.75. The van der Waals surface area contributed by atoms with Gasteiger partial charge in [0.15, 0.2) is 0 Å². The molecule has 1 aliphatic heterocycles. The molecule has 100 valence electrons. The van der Waals surface area contributed by atoms with E-state index in [1.54, 1.807) is 12.1 Å². The van der Waals surface area contributed by atoms with E-state index in [4.69, 9.17) is 5.73 Å². The van der Waals surface area contributed by atoms with Crippen molar-refractivity contribution < 1.29 is 4.39 Å². The van der Waals surface area contributed by atoms with Crippen LogP contribution in [0.3, 0.4) is 0 Å². The lowest BCUT2D eigenvalue weighted by Gasteiger charge is -2.42. The van der Waals surface area contributed by atoms with Gasteiger partial charge in [0.05, 0.1) is 5.66 Å². The van der Waals surface area contributed by atoms with Crippen LogP contribution in [0.2, 0.25) is 0 Å². The normalized spacial score (nSPS) is 21.8. The number of nitrogens with two attached hydrogens (primary N) is 1. The maximum absolute atomic E-state index is 13.2. The molecule has 1 fully saturated rings. The Morgan fingerprint density at radius 1 is 1.39 bits per heavy atom. The predicted molar refractivity (Wildman–Crippen MR) is 72.7 cm³/mol. The summed E-state index contributed by atoms with van der Waals surface area (Å²) in [6.45, 7) is 6.43. The standard InChI is InChI=1S/C15H23FN2/c1-12-6-8-18(9-7-12)15(2,17)11-13-4-3-5-14(16)10-13/h3-5,10,12H,6-9,11,17H2,1-2H3. The lowest BCUT2D eigenvalue weighted by molar-refractivity contribution is 0.0694. The van der Waals surface area contributed by atoms with Gasteiger partial charge in [0, 0.05) is 19.5 Å². The van der Waals surface area contributed by atoms with Crippen LogP contribution in [0.1, 0.15) is 32.3 Å². The van der Waals surface area contributed by atoms with Gasteiger partial charge in [0.2, 0.25) is 0 Å². The summed E-state index contributed by atoms with van der Waals surface area (Å²) in [5.41, 5.74) is 7.01. The fraction of sp³-hybridized carbons (Fsp3) is 0.600. The van der Waals surface area contributed by atoms with E-state index in [2.05, 4.69) is 11.8 Å². The van der Waals surface area contributed by atoms with Crippen LogP contribution in [0, 0.1) is 11.7 Å². The molecule has 0 saturated carbocycles. The Balaban J connectivity index is 2.02. The highest BCUT2D eigenvalue weighted by Crippen LogP contribution is 2.23. The Morgan fingerprint density at radius 2 is 2.06 bits per heavy atom. The van der Waals surface area contributed by atoms with Gasteiger partial charge in [-0.05, 0) is 43.4 Å². The highest BCUT2D eigenvalue weighted by Gasteiger charge is 2.30. The summed E-state index contributed by atoms with van der Waals surface area (Å²) in [4.78, 5) is 2.33. The van der Waals surface area contributed by atoms with Crippen molar-refractivity contribution in [1.29, 1.82) is 0 Å². The van der Waals surface area contributed by atoms with Crippen molar-refractivity contribution >= 4 is 0 Å². The maximum atomic E-state index is 13.2. The lowest BCUT2D eigenvalue weighted by Crippen LogP contribution is -2.57. The van der Waals surface area contributed by atoms with Crippen LogP contribution in [-0.2, 0) is 6.42 Å². The molecule has 1 saturated heterocycles. The monoisotopic (exact) mass is 250 g/mol. The van der Waals surface area contributed by atoms with Crippen molar-refractivity contribution in [3.63, 3.8) is 0 Å². The number of benzene rings is 1. The second-order valence-electron chi connectivity index (χ2n) is 5.83. The number of halogens is 1. The molecule has 0 bridgehead atoms. The van der Waals surface area contributed by atoms with Crippen molar-refractivity contribution in [2.45, 2.75) is 38.8 Å². The van der Waals surface area contributed by atoms with Gasteiger partial charge in [-0.3, -0.25) is 4.90 Å². The van der Waals surface area contributed by atoms with Crippen molar-refractivity contribution in [1.82, 2.24) is 4.90 Å². The highest BCUT2D eigenvalue weighted by molar-refractivity contribution is 5.18. The molecule has 1 heterocycles. The first-order valence-corrected chi connectivity index (χ1v) is 6.76. The Morgan fingerprint density at radius 3 is 2.67 bits per heavy atom. The molecule has 18 heavy (non-hydrogen) atoms. The number of hydrogen-bond donors (Lipinski definition) is 1. The zero-order chi connectivity index (χ0) is 13.2. The van der Waals surface area contributed by atoms with E-state index in [0.29, 0.717) is 6.42 Å². The number of hydrogen-bond acceptors (Lipinski definition) is 2. The number of rotatable bonds is 3. The van der Waals surface area contributed by atoms with Crippen molar-refractivity contribution in [3.05, 3.63) is 35.6 Å². The first kappa shape index (κ1) is 13.5. The quantitative estimate of drug-likeness (QED) is 0.894. The Labute approximate surface area is 109 Å². The summed E-state index contributed by atoms with van der Waals surface area (Å²) in [5, 5.41) is 0. The highest BCUT2D eigenvalue weighted by atomic mass is 19.1. The van der Waals surface area contributed by atoms with Crippen LogP contribution in [0.15, 0.2) is 24.3 Å². The van der Waals surface area contributed by atoms with Gasteiger partial charge in [0.1, 0.15) is 5.82 Å². The van der Waals surface area contributed by atoms with Crippen LogP contribution in [0.5, 0.6) is 0 Å². The average molecular weight is 250 g/mol. The third-order valence-corrected chi connectivity index (χ3v) is 3.96. The van der Waals surface area contributed by atoms with Gasteiger partial charge < -0.3 is 5.73 Å². The van der Waals surface area contributed by atoms with E-state index in [-0.39, 0.29) is 11.5 Å². The van der Waals surface area contributed by atoms with Gasteiger partial charge in [-0.25, -0.2) is 4.39 Å². The fourth-order valence-electron chi connectivity index (χ4n) is 2.69. The van der Waals surface area contributed by atoms with E-state index in [1.165, 1.54) is 18.9 Å². The SMILES string of the molecule is CC1CCN(C(C)(N)Cc2cccc(F)c2)CC1. The number of piperidine rings is 1. The molecule has 1 aromatic rings. The molecule has 0 aliphatic carbocycles. The van der Waals surface area contributed by atoms with Gasteiger partial charge in [0.25, 0.3) is 0 Å². The zero-order valence-electron chi connectivity index (χ0n) is 11.3. The molecule has 2 rings (SSSR count). The number of likely N-dealkylation sites (tertiary alicyclic amines) is 1. The molecule has 1 atom stereocenters. The molecule has 0 aromatic heterocycles. The Bertz CT molecular complexity index is 395. The van der Waals surface area contributed by atoms with Gasteiger partial charge >= 0.3 is 0 Å². The molecule has 2 nitrogen and oxygen atoms in total. The van der Waals surface area contributed by atoms with E-state index < -0.39 is 0 Å². The molecule has 3 heteroatoms. The molecular formula is C15H23FN2. The second-order valence-corrected chi connectivity index (χ2v) is 5.83. The topological polar surface area (TPSA) is 29.3 Å². The fourth-order valence-corrected chi connectivity index (χ4v) is 2.69. The summed E-state index contributed by atoms with van der Waals surface area (Å²) in [6.07, 6.45) is 3.10. The summed E-state index contributed by atoms with van der Waals surface area (Å²) in [5.74, 6) is 0.613. The van der Waals surface area contributed by atoms with Crippen LogP contribution in [0.25, 0.3) is 0 Å². The van der Waals surface area contributed by atoms with Gasteiger partial charge in [-0.15, -0.1) is 0 Å². The maximum Gasteiger partial charge on any atom is 0.123 e. The zero-order valence-corrected chi connectivity index (χ0v) is 11.3. The Kier molecular flexibility index (Phi) is 4.03. The van der Waals surface area contributed by atoms with E-state index in [0.717, 1.165) is 24.6 Å². The first-order chi connectivity index (χ1) is 8.47. The third kappa shape index (κ3) is 3.30. The largest absolute Gasteiger partial charge is 0.313 e. The predicted octanol–water partition coefficient (Wildman–Crippen LogP) is 2.78. The molecular weight excluding hydrogens is 227 g/mol. The molecule has 1 aliphatic rings. The third-order valence-electron chi connectivity index (χ3n) is 3.96. The minimum atomic E-state index is -0.381. The van der Waals surface area contributed by atoms with Crippen molar-refractivity contribution in [2.75, 3.05) is 13.1 Å². The van der Waals surface area contributed by atoms with E-state index in [9.17, 15) is 4.39 Å². The summed E-state index contributed by atoms with van der Waals surface area (Å²) in [7, 11) is 0. The lowest BCUT2D eigenvalue weighted by atomic mass is 9.93. The Hall–Kier alpha value is -0.930. The average Bonchev–Trinajstić information content (AvgIpc) is 2.29. The van der Waals surface area contributed by atoms with Crippen LogP contribution in [0.4, 0.5) is 4.39 Å². The smallest absolute Gasteiger partial charge is 0.123 e. The van der Waals surface area contributed by atoms with Crippen LogP contribution >= 0.6 is 0 Å². The molecule has 1 aromatic carbocycles. The molecule has 0 amide bonds. The second kappa shape index (κ2) is 5.37. The molecule has 0 radical (unpaired) electrons. The summed E-state index contributed by atoms with van der Waals surface area (Å²) >= 11 is 0. The molecule has 1 unspecified atom stereocenters. The minimum absolute atomic E-state index is 0.185. The van der Waals surface area contributed by atoms with Gasteiger partial charge in [-0.1, -0.05) is 19.1 Å². The molecule has 2 N–H and O–H groups in total. The van der Waals surface area contributed by atoms with Crippen molar-refractivity contribution in [2.24, 2.45) is 11.7 Å². The first-order valence-electron chi connectivity index (χ1n) is 6.76. The molecule has 0 spiro atoms. The van der Waals surface area contributed by atoms with E-state index >= 15 is 0 Å². The minimum Gasteiger partial charge on any atom is -0.313 e. The van der Waals surface area contributed by atoms with Crippen LogP contribution in [-0.4, -0.2) is 23.7 Å². The number of nitrogens with zero attached hydrogens (tertiary/aromatic N) is 1. The van der Waals surface area contributed by atoms with Crippen molar-refractivity contribution in [3.8, 4) is 0 Å². The van der Waals surface area contributed by atoms with Crippen LogP contribution < -0.4 is 5.73 Å². The van der Waals surface area contributed by atoms with Gasteiger partial charge in [-0.2, -0.15) is 0 Å². The summed E-state index contributed by atoms with van der Waals surface area (Å²) < 4.78 is 13.2.